The van der Waals surface area contributed by atoms with Crippen molar-refractivity contribution in [3.05, 3.63) is 90.0 Å². The molecule has 0 aromatic heterocycles. The molecule has 0 atom stereocenters. The minimum atomic E-state index is -0.971. The average molecular weight is 512 g/mol. The summed E-state index contributed by atoms with van der Waals surface area (Å²) in [6, 6.07) is 22.3. The van der Waals surface area contributed by atoms with E-state index in [0.29, 0.717) is 29.8 Å². The number of carbonyl (C=O) groups excluding carboxylic acids is 2. The first-order valence-electron chi connectivity index (χ1n) is 12.9. The van der Waals surface area contributed by atoms with Crippen molar-refractivity contribution in [2.75, 3.05) is 10.2 Å². The van der Waals surface area contributed by atoms with Crippen LogP contribution in [-0.4, -0.2) is 35.5 Å². The minimum absolute atomic E-state index is 0.123. The first kappa shape index (κ1) is 26.8. The van der Waals surface area contributed by atoms with Gasteiger partial charge in [-0.1, -0.05) is 54.6 Å². The van der Waals surface area contributed by atoms with Crippen molar-refractivity contribution >= 4 is 35.7 Å². The molecule has 0 heterocycles. The Balaban J connectivity index is 1.50. The maximum absolute atomic E-state index is 12.5. The van der Waals surface area contributed by atoms with E-state index < -0.39 is 6.09 Å². The molecular weight excluding hydrogens is 478 g/mol. The highest BCUT2D eigenvalue weighted by molar-refractivity contribution is 5.94. The molecule has 4 N–H and O–H groups in total. The van der Waals surface area contributed by atoms with Crippen molar-refractivity contribution in [3.63, 3.8) is 0 Å². The Labute approximate surface area is 223 Å². The fraction of sp³-hybridized carbons (Fsp3) is 0.258. The Kier molecular flexibility index (Phi) is 9.06. The van der Waals surface area contributed by atoms with E-state index in [-0.39, 0.29) is 18.0 Å². The summed E-state index contributed by atoms with van der Waals surface area (Å²) in [7, 11) is 0. The quantitative estimate of drug-likeness (QED) is 0.290. The van der Waals surface area contributed by atoms with Crippen molar-refractivity contribution in [1.29, 1.82) is 0 Å². The number of amides is 2. The van der Waals surface area contributed by atoms with Crippen molar-refractivity contribution in [2.24, 2.45) is 5.73 Å². The van der Waals surface area contributed by atoms with Crippen LogP contribution in [0, 0.1) is 0 Å². The third-order valence-electron chi connectivity index (χ3n) is 6.86. The molecule has 0 unspecified atom stereocenters. The molecule has 0 saturated heterocycles. The summed E-state index contributed by atoms with van der Waals surface area (Å²) in [5.74, 6) is -0.124. The molecule has 3 aromatic carbocycles. The van der Waals surface area contributed by atoms with Crippen molar-refractivity contribution in [1.82, 2.24) is 0 Å². The molecule has 7 nitrogen and oxygen atoms in total. The first-order valence-corrected chi connectivity index (χ1v) is 12.9. The number of carbonyl (C=O) groups is 3. The van der Waals surface area contributed by atoms with E-state index in [1.807, 2.05) is 60.7 Å². The molecule has 1 saturated carbocycles. The number of aldehydes is 1. The minimum Gasteiger partial charge on any atom is -0.465 e. The largest absolute Gasteiger partial charge is 0.465 e. The Morgan fingerprint density at radius 3 is 2.29 bits per heavy atom. The van der Waals surface area contributed by atoms with Gasteiger partial charge in [-0.15, -0.1) is 0 Å². The highest BCUT2D eigenvalue weighted by Crippen LogP contribution is 2.36. The van der Waals surface area contributed by atoms with Gasteiger partial charge >= 0.3 is 6.09 Å². The van der Waals surface area contributed by atoms with E-state index in [1.54, 1.807) is 24.3 Å². The third-order valence-corrected chi connectivity index (χ3v) is 6.86. The number of carboxylic acid groups (broad SMARTS) is 1. The van der Waals surface area contributed by atoms with E-state index >= 15 is 0 Å². The number of hydrogen-bond acceptors (Lipinski definition) is 4. The zero-order valence-corrected chi connectivity index (χ0v) is 21.3. The Bertz CT molecular complexity index is 1280. The molecule has 0 spiro atoms. The fourth-order valence-electron chi connectivity index (χ4n) is 4.83. The standard InChI is InChI=1S/C31H33N3O4/c32-25-13-17-27(18-14-25)34(31(37)38)29-20-22(12-19-28(29)24-7-2-1-3-8-24)6-4-5-9-30(36)33-26-15-10-23(21-35)11-16-26/h1-4,6-8,10-12,15-16,19-21,25,27H,5,9,13-14,17-18,32H2,(H,33,36)(H,37,38)/b6-4+. The van der Waals surface area contributed by atoms with Gasteiger partial charge in [-0.25, -0.2) is 4.79 Å². The second kappa shape index (κ2) is 12.8. The number of benzene rings is 3. The van der Waals surface area contributed by atoms with Crippen LogP contribution in [0.4, 0.5) is 16.2 Å². The summed E-state index contributed by atoms with van der Waals surface area (Å²) >= 11 is 0. The number of anilines is 2. The molecule has 38 heavy (non-hydrogen) atoms. The summed E-state index contributed by atoms with van der Waals surface area (Å²) in [6.45, 7) is 0. The van der Waals surface area contributed by atoms with Gasteiger partial charge in [-0.05, 0) is 73.6 Å². The lowest BCUT2D eigenvalue weighted by Crippen LogP contribution is -2.44. The van der Waals surface area contributed by atoms with E-state index in [9.17, 15) is 19.5 Å². The number of hydrogen-bond donors (Lipinski definition) is 3. The van der Waals surface area contributed by atoms with E-state index in [1.165, 1.54) is 4.90 Å². The van der Waals surface area contributed by atoms with Gasteiger partial charge in [-0.2, -0.15) is 0 Å². The van der Waals surface area contributed by atoms with Crippen LogP contribution in [0.1, 0.15) is 54.4 Å². The maximum Gasteiger partial charge on any atom is 0.412 e. The summed E-state index contributed by atoms with van der Waals surface area (Å²) in [4.78, 5) is 37.1. The predicted molar refractivity (Wildman–Crippen MR) is 151 cm³/mol. The van der Waals surface area contributed by atoms with Gasteiger partial charge in [0, 0.05) is 35.3 Å². The lowest BCUT2D eigenvalue weighted by atomic mass is 9.89. The summed E-state index contributed by atoms with van der Waals surface area (Å²) in [5, 5.41) is 13.1. The lowest BCUT2D eigenvalue weighted by Gasteiger charge is -2.35. The molecule has 7 heteroatoms. The van der Waals surface area contributed by atoms with Crippen molar-refractivity contribution < 1.29 is 19.5 Å². The second-order valence-corrected chi connectivity index (χ2v) is 9.59. The second-order valence-electron chi connectivity index (χ2n) is 9.59. The molecule has 0 radical (unpaired) electrons. The molecule has 2 amide bonds. The van der Waals surface area contributed by atoms with Crippen LogP contribution >= 0.6 is 0 Å². The van der Waals surface area contributed by atoms with Crippen LogP contribution in [0.5, 0.6) is 0 Å². The van der Waals surface area contributed by atoms with Gasteiger partial charge < -0.3 is 16.2 Å². The molecule has 1 aliphatic carbocycles. The van der Waals surface area contributed by atoms with Gasteiger partial charge in [-0.3, -0.25) is 14.5 Å². The zero-order chi connectivity index (χ0) is 26.9. The number of nitrogens with zero attached hydrogens (tertiary/aromatic N) is 1. The zero-order valence-electron chi connectivity index (χ0n) is 21.3. The molecule has 4 rings (SSSR count). The predicted octanol–water partition coefficient (Wildman–Crippen LogP) is 6.35. The number of nitrogens with two attached hydrogens (primary N) is 1. The monoisotopic (exact) mass is 511 g/mol. The molecule has 3 aromatic rings. The van der Waals surface area contributed by atoms with E-state index in [4.69, 9.17) is 5.73 Å². The lowest BCUT2D eigenvalue weighted by molar-refractivity contribution is -0.116. The van der Waals surface area contributed by atoms with Gasteiger partial charge in [0.1, 0.15) is 6.29 Å². The van der Waals surface area contributed by atoms with Gasteiger partial charge in [0.2, 0.25) is 5.91 Å². The molecule has 1 aliphatic rings. The molecule has 0 aliphatic heterocycles. The smallest absolute Gasteiger partial charge is 0.412 e. The molecular formula is C31H33N3O4. The summed E-state index contributed by atoms with van der Waals surface area (Å²) in [5.41, 5.74) is 10.6. The Morgan fingerprint density at radius 1 is 0.947 bits per heavy atom. The highest BCUT2D eigenvalue weighted by Gasteiger charge is 2.30. The van der Waals surface area contributed by atoms with Gasteiger partial charge in [0.05, 0.1) is 5.69 Å². The van der Waals surface area contributed by atoms with E-state index in [2.05, 4.69) is 5.32 Å². The van der Waals surface area contributed by atoms with Gasteiger partial charge in [0.25, 0.3) is 0 Å². The van der Waals surface area contributed by atoms with Crippen LogP contribution in [0.15, 0.2) is 78.9 Å². The molecule has 196 valence electrons. The van der Waals surface area contributed by atoms with Crippen LogP contribution in [0.3, 0.4) is 0 Å². The summed E-state index contributed by atoms with van der Waals surface area (Å²) < 4.78 is 0. The number of allylic oxidation sites excluding steroid dienone is 1. The average Bonchev–Trinajstić information content (AvgIpc) is 2.93. The number of nitrogens with one attached hydrogen (secondary N) is 1. The molecule has 0 bridgehead atoms. The molecule has 1 fully saturated rings. The SMILES string of the molecule is NC1CCC(N(C(=O)O)c2cc(/C=C/CCC(=O)Nc3ccc(C=O)cc3)ccc2-c2ccccc2)CC1. The van der Waals surface area contributed by atoms with Crippen LogP contribution in [0.2, 0.25) is 0 Å². The topological polar surface area (TPSA) is 113 Å². The summed E-state index contributed by atoms with van der Waals surface area (Å²) in [6.07, 6.45) is 7.51. The normalized spacial score (nSPS) is 17.2. The Hall–Kier alpha value is -4.23. The maximum atomic E-state index is 12.5. The highest BCUT2D eigenvalue weighted by atomic mass is 16.4. The first-order chi connectivity index (χ1) is 18.4. The number of rotatable bonds is 9. The van der Waals surface area contributed by atoms with Crippen LogP contribution in [0.25, 0.3) is 17.2 Å². The van der Waals surface area contributed by atoms with Crippen molar-refractivity contribution in [3.8, 4) is 11.1 Å². The van der Waals surface area contributed by atoms with Crippen LogP contribution < -0.4 is 16.0 Å². The third kappa shape index (κ3) is 6.95. The van der Waals surface area contributed by atoms with Crippen LogP contribution in [-0.2, 0) is 4.79 Å². The van der Waals surface area contributed by atoms with Gasteiger partial charge in [0.15, 0.2) is 0 Å². The van der Waals surface area contributed by atoms with E-state index in [0.717, 1.165) is 48.7 Å². The van der Waals surface area contributed by atoms with Crippen molar-refractivity contribution in [2.45, 2.75) is 50.6 Å². The Morgan fingerprint density at radius 2 is 1.63 bits per heavy atom. The fourth-order valence-corrected chi connectivity index (χ4v) is 4.83.